The van der Waals surface area contributed by atoms with Crippen molar-refractivity contribution in [1.82, 2.24) is 14.9 Å². The highest BCUT2D eigenvalue weighted by molar-refractivity contribution is 9.10. The van der Waals surface area contributed by atoms with Crippen molar-refractivity contribution in [3.05, 3.63) is 52.4 Å². The van der Waals surface area contributed by atoms with Gasteiger partial charge in [0.1, 0.15) is 5.76 Å². The SMILES string of the molecule is Cc1ccc(C(=O)NC2CCN(C(=O)CCNS(=O)(=O)c3ccc(Br)cc3)CC2)o1. The van der Waals surface area contributed by atoms with E-state index in [4.69, 9.17) is 4.42 Å². The molecule has 0 radical (unpaired) electrons. The molecular weight excluding hydrogens is 474 g/mol. The van der Waals surface area contributed by atoms with E-state index in [0.29, 0.717) is 31.7 Å². The van der Waals surface area contributed by atoms with Crippen LogP contribution < -0.4 is 10.0 Å². The zero-order valence-corrected chi connectivity index (χ0v) is 19.0. The number of nitrogens with one attached hydrogen (secondary N) is 2. The summed E-state index contributed by atoms with van der Waals surface area (Å²) in [4.78, 5) is 26.4. The minimum absolute atomic E-state index is 0.0251. The lowest BCUT2D eigenvalue weighted by atomic mass is 10.0. The molecular formula is C20H24BrN3O5S. The van der Waals surface area contributed by atoms with Gasteiger partial charge >= 0.3 is 0 Å². The van der Waals surface area contributed by atoms with Crippen molar-refractivity contribution in [2.45, 2.75) is 37.1 Å². The first kappa shape index (κ1) is 22.5. The molecule has 1 fully saturated rings. The Kier molecular flexibility index (Phi) is 7.32. The van der Waals surface area contributed by atoms with Gasteiger partial charge in [0.05, 0.1) is 4.90 Å². The molecule has 2 heterocycles. The summed E-state index contributed by atoms with van der Waals surface area (Å²) in [5.74, 6) is 0.593. The van der Waals surface area contributed by atoms with Crippen molar-refractivity contribution in [2.75, 3.05) is 19.6 Å². The fourth-order valence-corrected chi connectivity index (χ4v) is 4.53. The summed E-state index contributed by atoms with van der Waals surface area (Å²) >= 11 is 3.26. The molecule has 1 aromatic heterocycles. The Hall–Kier alpha value is -2.17. The van der Waals surface area contributed by atoms with Crippen LogP contribution in [0.2, 0.25) is 0 Å². The van der Waals surface area contributed by atoms with Crippen LogP contribution in [0.25, 0.3) is 0 Å². The van der Waals surface area contributed by atoms with Gasteiger partial charge in [-0.25, -0.2) is 13.1 Å². The van der Waals surface area contributed by atoms with Gasteiger partial charge in [-0.1, -0.05) is 15.9 Å². The molecule has 10 heteroatoms. The van der Waals surface area contributed by atoms with E-state index >= 15 is 0 Å². The first-order chi connectivity index (χ1) is 14.2. The molecule has 3 rings (SSSR count). The normalized spacial score (nSPS) is 15.2. The zero-order valence-electron chi connectivity index (χ0n) is 16.6. The second-order valence-electron chi connectivity index (χ2n) is 7.14. The number of halogens is 1. The molecule has 0 saturated carbocycles. The van der Waals surface area contributed by atoms with Gasteiger partial charge in [-0.15, -0.1) is 0 Å². The summed E-state index contributed by atoms with van der Waals surface area (Å²) in [5.41, 5.74) is 0. The molecule has 2 amide bonds. The number of hydrogen-bond donors (Lipinski definition) is 2. The highest BCUT2D eigenvalue weighted by atomic mass is 79.9. The topological polar surface area (TPSA) is 109 Å². The summed E-state index contributed by atoms with van der Waals surface area (Å²) in [5, 5.41) is 2.93. The van der Waals surface area contributed by atoms with Crippen molar-refractivity contribution in [3.8, 4) is 0 Å². The third-order valence-electron chi connectivity index (χ3n) is 4.90. The lowest BCUT2D eigenvalue weighted by Gasteiger charge is -2.32. The number of rotatable bonds is 7. The van der Waals surface area contributed by atoms with E-state index in [2.05, 4.69) is 26.0 Å². The van der Waals surface area contributed by atoms with Crippen LogP contribution in [0.4, 0.5) is 0 Å². The van der Waals surface area contributed by atoms with Gasteiger partial charge < -0.3 is 14.6 Å². The average Bonchev–Trinajstić information content (AvgIpc) is 3.15. The average molecular weight is 498 g/mol. The number of sulfonamides is 1. The summed E-state index contributed by atoms with van der Waals surface area (Å²) in [7, 11) is -3.65. The largest absolute Gasteiger partial charge is 0.456 e. The van der Waals surface area contributed by atoms with E-state index < -0.39 is 10.0 Å². The van der Waals surface area contributed by atoms with Crippen LogP contribution in [0.15, 0.2) is 50.2 Å². The quantitative estimate of drug-likeness (QED) is 0.610. The monoisotopic (exact) mass is 497 g/mol. The molecule has 0 atom stereocenters. The van der Waals surface area contributed by atoms with E-state index in [1.165, 1.54) is 12.1 Å². The van der Waals surface area contributed by atoms with Crippen molar-refractivity contribution >= 4 is 37.8 Å². The molecule has 0 unspecified atom stereocenters. The van der Waals surface area contributed by atoms with Crippen molar-refractivity contribution in [3.63, 3.8) is 0 Å². The first-order valence-corrected chi connectivity index (χ1v) is 11.9. The Balaban J connectivity index is 1.41. The van der Waals surface area contributed by atoms with Crippen LogP contribution in [0, 0.1) is 6.92 Å². The number of benzene rings is 1. The number of nitrogens with zero attached hydrogens (tertiary/aromatic N) is 1. The number of aryl methyl sites for hydroxylation is 1. The maximum absolute atomic E-state index is 12.4. The second kappa shape index (κ2) is 9.76. The Morgan fingerprint density at radius 2 is 1.80 bits per heavy atom. The Labute approximate surface area is 184 Å². The second-order valence-corrected chi connectivity index (χ2v) is 9.82. The molecule has 2 aromatic rings. The van der Waals surface area contributed by atoms with Crippen LogP contribution in [-0.2, 0) is 14.8 Å². The van der Waals surface area contributed by atoms with Crippen molar-refractivity contribution in [2.24, 2.45) is 0 Å². The van der Waals surface area contributed by atoms with Crippen LogP contribution in [-0.4, -0.2) is 50.8 Å². The third-order valence-corrected chi connectivity index (χ3v) is 6.91. The number of carbonyl (C=O) groups is 2. The summed E-state index contributed by atoms with van der Waals surface area (Å²) < 4.78 is 33.1. The minimum atomic E-state index is -3.65. The van der Waals surface area contributed by atoms with Crippen molar-refractivity contribution in [1.29, 1.82) is 0 Å². The predicted molar refractivity (Wildman–Crippen MR) is 114 cm³/mol. The Morgan fingerprint density at radius 3 is 2.40 bits per heavy atom. The lowest BCUT2D eigenvalue weighted by Crippen LogP contribution is -2.47. The minimum Gasteiger partial charge on any atom is -0.456 e. The number of furan rings is 1. The van der Waals surface area contributed by atoms with Crippen LogP contribution in [0.3, 0.4) is 0 Å². The molecule has 0 aliphatic carbocycles. The van der Waals surface area contributed by atoms with Gasteiger partial charge in [0.15, 0.2) is 5.76 Å². The maximum Gasteiger partial charge on any atom is 0.287 e. The number of amides is 2. The molecule has 0 bridgehead atoms. The number of hydrogen-bond acceptors (Lipinski definition) is 5. The summed E-state index contributed by atoms with van der Waals surface area (Å²) in [6.07, 6.45) is 1.36. The van der Waals surface area contributed by atoms with E-state index in [0.717, 1.165) is 4.47 Å². The third kappa shape index (κ3) is 5.93. The van der Waals surface area contributed by atoms with E-state index in [9.17, 15) is 18.0 Å². The molecule has 30 heavy (non-hydrogen) atoms. The molecule has 0 spiro atoms. The molecule has 2 N–H and O–H groups in total. The lowest BCUT2D eigenvalue weighted by molar-refractivity contribution is -0.132. The van der Waals surface area contributed by atoms with Gasteiger partial charge in [0.2, 0.25) is 15.9 Å². The molecule has 8 nitrogen and oxygen atoms in total. The predicted octanol–water partition coefficient (Wildman–Crippen LogP) is 2.44. The first-order valence-electron chi connectivity index (χ1n) is 9.65. The zero-order chi connectivity index (χ0) is 21.7. The molecule has 1 aliphatic rings. The van der Waals surface area contributed by atoms with E-state index in [1.54, 1.807) is 36.1 Å². The molecule has 1 aromatic carbocycles. The summed E-state index contributed by atoms with van der Waals surface area (Å²) in [6.45, 7) is 2.84. The Bertz CT molecular complexity index is 996. The van der Waals surface area contributed by atoms with Gasteiger partial charge in [0.25, 0.3) is 5.91 Å². The van der Waals surface area contributed by atoms with Gasteiger partial charge in [0, 0.05) is 36.6 Å². The fourth-order valence-electron chi connectivity index (χ4n) is 3.23. The standard InChI is InChI=1S/C20H24BrN3O5S/c1-14-2-7-18(29-14)20(26)23-16-9-12-24(13-10-16)19(25)8-11-22-30(27,28)17-5-3-15(21)4-6-17/h2-7,16,22H,8-13H2,1H3,(H,23,26). The highest BCUT2D eigenvalue weighted by Gasteiger charge is 2.25. The van der Waals surface area contributed by atoms with Gasteiger partial charge in [-0.2, -0.15) is 0 Å². The van der Waals surface area contributed by atoms with Crippen LogP contribution in [0.5, 0.6) is 0 Å². The smallest absolute Gasteiger partial charge is 0.287 e. The fraction of sp³-hybridized carbons (Fsp3) is 0.400. The van der Waals surface area contributed by atoms with Crippen molar-refractivity contribution < 1.29 is 22.4 Å². The van der Waals surface area contributed by atoms with E-state index in [-0.39, 0.29) is 41.5 Å². The maximum atomic E-state index is 12.4. The van der Waals surface area contributed by atoms with Gasteiger partial charge in [-0.3, -0.25) is 9.59 Å². The number of carbonyl (C=O) groups excluding carboxylic acids is 2. The number of likely N-dealkylation sites (tertiary alicyclic amines) is 1. The van der Waals surface area contributed by atoms with Gasteiger partial charge in [-0.05, 0) is 56.2 Å². The molecule has 1 aliphatic heterocycles. The van der Waals surface area contributed by atoms with Crippen LogP contribution in [0.1, 0.15) is 35.6 Å². The van der Waals surface area contributed by atoms with E-state index in [1.807, 2.05) is 0 Å². The molecule has 1 saturated heterocycles. The van der Waals surface area contributed by atoms with Crippen LogP contribution >= 0.6 is 15.9 Å². The Morgan fingerprint density at radius 1 is 1.13 bits per heavy atom. The molecule has 162 valence electrons. The highest BCUT2D eigenvalue weighted by Crippen LogP contribution is 2.15. The number of piperidine rings is 1. The summed E-state index contributed by atoms with van der Waals surface area (Å²) in [6, 6.07) is 9.64.